The Hall–Kier alpha value is -2.18. The maximum absolute atomic E-state index is 12.6. The number of benzene rings is 1. The molecule has 1 saturated carbocycles. The monoisotopic (exact) mass is 375 g/mol. The fourth-order valence-corrected chi connectivity index (χ4v) is 4.36. The molecule has 0 radical (unpaired) electrons. The zero-order chi connectivity index (χ0) is 17.6. The minimum atomic E-state index is -0.218. The summed E-state index contributed by atoms with van der Waals surface area (Å²) < 4.78 is 0. The van der Waals surface area contributed by atoms with E-state index in [-0.39, 0.29) is 66.9 Å². The number of rotatable bonds is 5. The summed E-state index contributed by atoms with van der Waals surface area (Å²) in [6.45, 7) is 0.925. The lowest BCUT2D eigenvalue weighted by molar-refractivity contribution is -0.140. The molecule has 2 fully saturated rings. The molecule has 2 aliphatic carbocycles. The smallest absolute Gasteiger partial charge is 0.251 e. The Morgan fingerprint density at radius 1 is 1.08 bits per heavy atom. The maximum atomic E-state index is 12.6. The number of carbonyl (C=O) groups is 3. The van der Waals surface area contributed by atoms with Gasteiger partial charge in [-0.05, 0) is 36.0 Å². The number of hydrogen-bond donors (Lipinski definition) is 2. The van der Waals surface area contributed by atoms with E-state index in [1.165, 1.54) is 4.90 Å². The van der Waals surface area contributed by atoms with E-state index >= 15 is 0 Å². The first kappa shape index (κ1) is 18.6. The molecule has 2 bridgehead atoms. The van der Waals surface area contributed by atoms with E-state index in [9.17, 15) is 14.4 Å². The second-order valence-electron chi connectivity index (χ2n) is 6.98. The van der Waals surface area contributed by atoms with Crippen molar-refractivity contribution in [1.29, 1.82) is 0 Å². The van der Waals surface area contributed by atoms with Crippen LogP contribution in [0.5, 0.6) is 0 Å². The molecule has 6 nitrogen and oxygen atoms in total. The van der Waals surface area contributed by atoms with Crippen molar-refractivity contribution >= 4 is 30.1 Å². The lowest BCUT2D eigenvalue weighted by Crippen LogP contribution is -2.39. The second-order valence-corrected chi connectivity index (χ2v) is 6.98. The molecule has 4 unspecified atom stereocenters. The third-order valence-electron chi connectivity index (χ3n) is 5.63. The van der Waals surface area contributed by atoms with Crippen molar-refractivity contribution in [3.63, 3.8) is 0 Å². The van der Waals surface area contributed by atoms with Gasteiger partial charge in [-0.25, -0.2) is 0 Å². The quantitative estimate of drug-likeness (QED) is 0.595. The molecule has 3 amide bonds. The van der Waals surface area contributed by atoms with Gasteiger partial charge in [-0.1, -0.05) is 24.3 Å². The van der Waals surface area contributed by atoms with Crippen LogP contribution in [0.1, 0.15) is 22.3 Å². The third-order valence-corrected chi connectivity index (χ3v) is 5.63. The van der Waals surface area contributed by atoms with Crippen LogP contribution in [-0.2, 0) is 16.1 Å². The molecule has 1 aromatic carbocycles. The topological polar surface area (TPSA) is 92.5 Å². The summed E-state index contributed by atoms with van der Waals surface area (Å²) in [5.41, 5.74) is 7.04. The highest BCUT2D eigenvalue weighted by molar-refractivity contribution is 6.06. The minimum absolute atomic E-state index is 0. The van der Waals surface area contributed by atoms with Gasteiger partial charge >= 0.3 is 0 Å². The molecule has 1 aromatic rings. The number of imide groups is 1. The molecular weight excluding hydrogens is 354 g/mol. The Bertz CT molecular complexity index is 732. The fourth-order valence-electron chi connectivity index (χ4n) is 4.36. The van der Waals surface area contributed by atoms with Gasteiger partial charge < -0.3 is 11.1 Å². The summed E-state index contributed by atoms with van der Waals surface area (Å²) in [6, 6.07) is 7.06. The van der Waals surface area contributed by atoms with E-state index < -0.39 is 0 Å². The molecular formula is C19H22ClN3O3. The van der Waals surface area contributed by atoms with Gasteiger partial charge in [-0.15, -0.1) is 12.4 Å². The van der Waals surface area contributed by atoms with Crippen LogP contribution in [-0.4, -0.2) is 35.7 Å². The lowest BCUT2D eigenvalue weighted by atomic mass is 9.85. The van der Waals surface area contributed by atoms with Crippen LogP contribution in [0, 0.1) is 23.7 Å². The van der Waals surface area contributed by atoms with E-state index in [0.29, 0.717) is 12.1 Å². The van der Waals surface area contributed by atoms with Crippen LogP contribution in [0.25, 0.3) is 0 Å². The van der Waals surface area contributed by atoms with Crippen molar-refractivity contribution in [3.8, 4) is 0 Å². The summed E-state index contributed by atoms with van der Waals surface area (Å²) in [6.07, 6.45) is 5.08. The fraction of sp³-hybridized carbons (Fsp3) is 0.421. The molecule has 0 aromatic heterocycles. The summed E-state index contributed by atoms with van der Waals surface area (Å²) in [4.78, 5) is 38.6. The molecule has 0 spiro atoms. The molecule has 3 aliphatic rings. The molecule has 1 saturated heterocycles. The average molecular weight is 376 g/mol. The van der Waals surface area contributed by atoms with Crippen molar-refractivity contribution in [2.75, 3.05) is 13.1 Å². The molecule has 138 valence electrons. The van der Waals surface area contributed by atoms with Crippen LogP contribution in [0.15, 0.2) is 36.4 Å². The largest absolute Gasteiger partial charge is 0.350 e. The number of amides is 3. The number of fused-ring (bicyclic) bond motifs is 5. The number of allylic oxidation sites excluding steroid dienone is 2. The number of nitrogens with zero attached hydrogens (tertiary/aromatic N) is 1. The number of likely N-dealkylation sites (tertiary alicyclic amines) is 1. The summed E-state index contributed by atoms with van der Waals surface area (Å²) in [5, 5.41) is 2.78. The van der Waals surface area contributed by atoms with E-state index in [0.717, 1.165) is 12.0 Å². The normalized spacial score (nSPS) is 28.3. The number of nitrogens with two attached hydrogens (primary N) is 1. The first-order chi connectivity index (χ1) is 12.1. The SMILES string of the molecule is Cl.NCc1ccc(C(=O)NCCN2C(=O)C3C4C=CC(C4)C3C2=O)cc1. The Labute approximate surface area is 158 Å². The number of hydrogen-bond acceptors (Lipinski definition) is 4. The zero-order valence-electron chi connectivity index (χ0n) is 14.3. The Morgan fingerprint density at radius 2 is 1.65 bits per heavy atom. The predicted octanol–water partition coefficient (Wildman–Crippen LogP) is 1.10. The summed E-state index contributed by atoms with van der Waals surface area (Å²) >= 11 is 0. The highest BCUT2D eigenvalue weighted by Gasteiger charge is 2.58. The molecule has 26 heavy (non-hydrogen) atoms. The summed E-state index contributed by atoms with van der Waals surface area (Å²) in [5.74, 6) is -0.297. The van der Waals surface area contributed by atoms with Crippen molar-refractivity contribution in [2.45, 2.75) is 13.0 Å². The molecule has 4 rings (SSSR count). The minimum Gasteiger partial charge on any atom is -0.350 e. The highest BCUT2D eigenvalue weighted by atomic mass is 35.5. The Balaban J connectivity index is 0.00000196. The van der Waals surface area contributed by atoms with Crippen LogP contribution >= 0.6 is 12.4 Å². The number of nitrogens with one attached hydrogen (secondary N) is 1. The van der Waals surface area contributed by atoms with E-state index in [2.05, 4.69) is 17.5 Å². The highest BCUT2D eigenvalue weighted by Crippen LogP contribution is 2.52. The average Bonchev–Trinajstić information content (AvgIpc) is 3.31. The first-order valence-corrected chi connectivity index (χ1v) is 8.71. The maximum Gasteiger partial charge on any atom is 0.251 e. The number of carbonyl (C=O) groups excluding carboxylic acids is 3. The van der Waals surface area contributed by atoms with Gasteiger partial charge in [0.1, 0.15) is 0 Å². The standard InChI is InChI=1S/C19H21N3O3.ClH/c20-10-11-1-3-12(4-2-11)17(23)21-7-8-22-18(24)15-13-5-6-14(9-13)16(15)19(22)25;/h1-6,13-16H,7-10,20H2,(H,21,23);1H. The van der Waals surface area contributed by atoms with Gasteiger partial charge in [0.15, 0.2) is 0 Å². The van der Waals surface area contributed by atoms with Crippen molar-refractivity contribution in [2.24, 2.45) is 29.4 Å². The van der Waals surface area contributed by atoms with Crippen LogP contribution in [0.4, 0.5) is 0 Å². The van der Waals surface area contributed by atoms with Crippen LogP contribution < -0.4 is 11.1 Å². The predicted molar refractivity (Wildman–Crippen MR) is 98.4 cm³/mol. The Morgan fingerprint density at radius 3 is 2.19 bits per heavy atom. The van der Waals surface area contributed by atoms with Gasteiger partial charge in [0.05, 0.1) is 11.8 Å². The van der Waals surface area contributed by atoms with Gasteiger partial charge in [-0.3, -0.25) is 19.3 Å². The lowest BCUT2D eigenvalue weighted by Gasteiger charge is -2.17. The van der Waals surface area contributed by atoms with E-state index in [1.54, 1.807) is 12.1 Å². The van der Waals surface area contributed by atoms with Crippen molar-refractivity contribution in [1.82, 2.24) is 10.2 Å². The molecule has 1 heterocycles. The summed E-state index contributed by atoms with van der Waals surface area (Å²) in [7, 11) is 0. The van der Waals surface area contributed by atoms with Crippen molar-refractivity contribution in [3.05, 3.63) is 47.5 Å². The molecule has 4 atom stereocenters. The molecule has 1 aliphatic heterocycles. The van der Waals surface area contributed by atoms with Gasteiger partial charge in [0.2, 0.25) is 11.8 Å². The van der Waals surface area contributed by atoms with Crippen LogP contribution in [0.3, 0.4) is 0 Å². The zero-order valence-corrected chi connectivity index (χ0v) is 15.1. The molecule has 7 heteroatoms. The van der Waals surface area contributed by atoms with Gasteiger partial charge in [-0.2, -0.15) is 0 Å². The van der Waals surface area contributed by atoms with Gasteiger partial charge in [0, 0.05) is 25.2 Å². The van der Waals surface area contributed by atoms with Crippen molar-refractivity contribution < 1.29 is 14.4 Å². The first-order valence-electron chi connectivity index (χ1n) is 8.71. The van der Waals surface area contributed by atoms with Crippen LogP contribution in [0.2, 0.25) is 0 Å². The van der Waals surface area contributed by atoms with E-state index in [4.69, 9.17) is 5.73 Å². The van der Waals surface area contributed by atoms with Gasteiger partial charge in [0.25, 0.3) is 5.91 Å². The molecule has 3 N–H and O–H groups in total. The Kier molecular flexibility index (Phi) is 5.16. The second kappa shape index (κ2) is 7.21. The number of halogens is 1. The third kappa shape index (κ3) is 2.93. The van der Waals surface area contributed by atoms with E-state index in [1.807, 2.05) is 12.1 Å².